The molecule has 0 aliphatic carbocycles. The summed E-state index contributed by atoms with van der Waals surface area (Å²) in [6.07, 6.45) is 4.72. The van der Waals surface area contributed by atoms with Crippen molar-refractivity contribution >= 4 is 21.8 Å². The van der Waals surface area contributed by atoms with Gasteiger partial charge in [0, 0.05) is 36.5 Å². The second-order valence-electron chi connectivity index (χ2n) is 5.89. The van der Waals surface area contributed by atoms with Gasteiger partial charge in [0.05, 0.1) is 6.20 Å². The average Bonchev–Trinajstić information content (AvgIpc) is 2.95. The Morgan fingerprint density at radius 2 is 2.00 bits per heavy atom. The molecule has 1 fully saturated rings. The standard InChI is InChI=1S/C16H21N3O2S2/c1-13-4-3-5-15(10-13)22-14-6-8-19(9-7-14)23(20,21)16-11-17-18(2)12-16/h3-5,10-12,14H,6-9H2,1-2H3. The molecule has 7 heteroatoms. The van der Waals surface area contributed by atoms with E-state index in [4.69, 9.17) is 0 Å². The third kappa shape index (κ3) is 3.79. The number of benzene rings is 1. The van der Waals surface area contributed by atoms with Crippen LogP contribution in [-0.2, 0) is 17.1 Å². The number of piperidine rings is 1. The van der Waals surface area contributed by atoms with Crippen LogP contribution in [-0.4, -0.2) is 40.8 Å². The van der Waals surface area contributed by atoms with Crippen LogP contribution in [0.15, 0.2) is 46.5 Å². The van der Waals surface area contributed by atoms with Crippen LogP contribution in [0.5, 0.6) is 0 Å². The minimum atomic E-state index is -3.40. The molecule has 0 N–H and O–H groups in total. The van der Waals surface area contributed by atoms with E-state index < -0.39 is 10.0 Å². The summed E-state index contributed by atoms with van der Waals surface area (Å²) in [6, 6.07) is 8.46. The van der Waals surface area contributed by atoms with Crippen molar-refractivity contribution in [1.82, 2.24) is 14.1 Å². The molecule has 124 valence electrons. The molecule has 2 aromatic rings. The molecule has 1 aliphatic rings. The highest BCUT2D eigenvalue weighted by atomic mass is 32.2. The first-order chi connectivity index (χ1) is 10.9. The van der Waals surface area contributed by atoms with Crippen molar-refractivity contribution in [2.24, 2.45) is 7.05 Å². The SMILES string of the molecule is Cc1cccc(SC2CCN(S(=O)(=O)c3cnn(C)c3)CC2)c1. The van der Waals surface area contributed by atoms with Crippen LogP contribution in [0.2, 0.25) is 0 Å². The van der Waals surface area contributed by atoms with Gasteiger partial charge in [-0.05, 0) is 31.9 Å². The predicted molar refractivity (Wildman–Crippen MR) is 92.0 cm³/mol. The zero-order valence-electron chi connectivity index (χ0n) is 13.3. The van der Waals surface area contributed by atoms with Crippen molar-refractivity contribution in [2.45, 2.75) is 34.8 Å². The van der Waals surface area contributed by atoms with Gasteiger partial charge in [-0.15, -0.1) is 11.8 Å². The third-order valence-corrected chi connectivity index (χ3v) is 7.19. The van der Waals surface area contributed by atoms with E-state index in [0.717, 1.165) is 12.8 Å². The molecule has 0 atom stereocenters. The van der Waals surface area contributed by atoms with Crippen molar-refractivity contribution < 1.29 is 8.42 Å². The summed E-state index contributed by atoms with van der Waals surface area (Å²) < 4.78 is 28.3. The van der Waals surface area contributed by atoms with E-state index >= 15 is 0 Å². The molecule has 0 saturated carbocycles. The Morgan fingerprint density at radius 1 is 1.26 bits per heavy atom. The summed E-state index contributed by atoms with van der Waals surface area (Å²) in [5.41, 5.74) is 1.26. The lowest BCUT2D eigenvalue weighted by Crippen LogP contribution is -2.39. The van der Waals surface area contributed by atoms with E-state index in [1.54, 1.807) is 17.5 Å². The number of aromatic nitrogens is 2. The lowest BCUT2D eigenvalue weighted by atomic mass is 10.2. The van der Waals surface area contributed by atoms with Gasteiger partial charge in [0.25, 0.3) is 0 Å². The van der Waals surface area contributed by atoms with Gasteiger partial charge in [0.1, 0.15) is 4.90 Å². The van der Waals surface area contributed by atoms with Crippen LogP contribution in [0.25, 0.3) is 0 Å². The van der Waals surface area contributed by atoms with Crippen LogP contribution in [0, 0.1) is 6.92 Å². The van der Waals surface area contributed by atoms with Gasteiger partial charge in [-0.25, -0.2) is 8.42 Å². The Morgan fingerprint density at radius 3 is 2.61 bits per heavy atom. The fraction of sp³-hybridized carbons (Fsp3) is 0.438. The second-order valence-corrected chi connectivity index (χ2v) is 9.20. The van der Waals surface area contributed by atoms with E-state index in [2.05, 4.69) is 36.3 Å². The van der Waals surface area contributed by atoms with Gasteiger partial charge in [0.2, 0.25) is 10.0 Å². The minimum Gasteiger partial charge on any atom is -0.274 e. The number of nitrogens with zero attached hydrogens (tertiary/aromatic N) is 3. The average molecular weight is 351 g/mol. The quantitative estimate of drug-likeness (QED) is 0.850. The monoisotopic (exact) mass is 351 g/mol. The molecular weight excluding hydrogens is 330 g/mol. The van der Waals surface area contributed by atoms with Crippen molar-refractivity contribution in [3.63, 3.8) is 0 Å². The second kappa shape index (κ2) is 6.67. The molecule has 1 aliphatic heterocycles. The number of thioether (sulfide) groups is 1. The van der Waals surface area contributed by atoms with Crippen LogP contribution in [0.1, 0.15) is 18.4 Å². The summed E-state index contributed by atoms with van der Waals surface area (Å²) in [6.45, 7) is 3.23. The highest BCUT2D eigenvalue weighted by Gasteiger charge is 2.30. The van der Waals surface area contributed by atoms with Crippen LogP contribution >= 0.6 is 11.8 Å². The van der Waals surface area contributed by atoms with Crippen molar-refractivity contribution in [1.29, 1.82) is 0 Å². The summed E-state index contributed by atoms with van der Waals surface area (Å²) >= 11 is 1.85. The smallest absolute Gasteiger partial charge is 0.246 e. The molecule has 0 spiro atoms. The lowest BCUT2D eigenvalue weighted by molar-refractivity contribution is 0.352. The Kier molecular flexibility index (Phi) is 4.79. The van der Waals surface area contributed by atoms with Gasteiger partial charge in [0.15, 0.2) is 0 Å². The molecule has 5 nitrogen and oxygen atoms in total. The summed E-state index contributed by atoms with van der Waals surface area (Å²) in [7, 11) is -1.68. The van der Waals surface area contributed by atoms with E-state index in [-0.39, 0.29) is 4.90 Å². The Balaban J connectivity index is 1.62. The summed E-state index contributed by atoms with van der Waals surface area (Å²) in [4.78, 5) is 1.54. The van der Waals surface area contributed by atoms with Gasteiger partial charge in [-0.2, -0.15) is 9.40 Å². The maximum atomic E-state index is 12.6. The Bertz CT molecular complexity index is 778. The molecule has 0 unspecified atom stereocenters. The zero-order valence-corrected chi connectivity index (χ0v) is 15.0. The molecule has 2 heterocycles. The maximum absolute atomic E-state index is 12.6. The van der Waals surface area contributed by atoms with Crippen molar-refractivity contribution in [3.8, 4) is 0 Å². The molecular formula is C16H21N3O2S2. The van der Waals surface area contributed by atoms with Crippen LogP contribution in [0.3, 0.4) is 0 Å². The molecule has 0 bridgehead atoms. The maximum Gasteiger partial charge on any atom is 0.246 e. The fourth-order valence-electron chi connectivity index (χ4n) is 2.75. The van der Waals surface area contributed by atoms with E-state index in [9.17, 15) is 8.42 Å². The first-order valence-electron chi connectivity index (χ1n) is 7.67. The molecule has 1 aromatic heterocycles. The number of aryl methyl sites for hydroxylation is 2. The van der Waals surface area contributed by atoms with Crippen molar-refractivity contribution in [2.75, 3.05) is 13.1 Å². The van der Waals surface area contributed by atoms with E-state index in [0.29, 0.717) is 18.3 Å². The molecule has 0 radical (unpaired) electrons. The number of hydrogen-bond acceptors (Lipinski definition) is 4. The first kappa shape index (κ1) is 16.5. The Labute approximate surface area is 141 Å². The van der Waals surface area contributed by atoms with Gasteiger partial charge < -0.3 is 0 Å². The molecule has 23 heavy (non-hydrogen) atoms. The summed E-state index contributed by atoms with van der Waals surface area (Å²) in [5.74, 6) is 0. The van der Waals surface area contributed by atoms with Crippen LogP contribution in [0.4, 0.5) is 0 Å². The van der Waals surface area contributed by atoms with Gasteiger partial charge in [-0.1, -0.05) is 17.7 Å². The molecule has 1 saturated heterocycles. The lowest BCUT2D eigenvalue weighted by Gasteiger charge is -2.30. The zero-order chi connectivity index (χ0) is 16.4. The predicted octanol–water partition coefficient (Wildman–Crippen LogP) is 2.67. The third-order valence-electron chi connectivity index (χ3n) is 4.01. The highest BCUT2D eigenvalue weighted by Crippen LogP contribution is 2.32. The number of rotatable bonds is 4. The topological polar surface area (TPSA) is 55.2 Å². The van der Waals surface area contributed by atoms with Crippen LogP contribution < -0.4 is 0 Å². The fourth-order valence-corrected chi connectivity index (χ4v) is 5.45. The van der Waals surface area contributed by atoms with Gasteiger partial charge in [-0.3, -0.25) is 4.68 Å². The normalized spacial score (nSPS) is 17.5. The summed E-state index contributed by atoms with van der Waals surface area (Å²) in [5, 5.41) is 4.43. The number of hydrogen-bond donors (Lipinski definition) is 0. The molecule has 0 amide bonds. The van der Waals surface area contributed by atoms with E-state index in [1.807, 2.05) is 11.8 Å². The van der Waals surface area contributed by atoms with E-state index in [1.165, 1.54) is 21.3 Å². The minimum absolute atomic E-state index is 0.282. The molecule has 3 rings (SSSR count). The largest absolute Gasteiger partial charge is 0.274 e. The van der Waals surface area contributed by atoms with Gasteiger partial charge >= 0.3 is 0 Å². The van der Waals surface area contributed by atoms with Crippen molar-refractivity contribution in [3.05, 3.63) is 42.2 Å². The first-order valence-corrected chi connectivity index (χ1v) is 9.99. The highest BCUT2D eigenvalue weighted by molar-refractivity contribution is 8.00. The Hall–Kier alpha value is -1.31. The number of sulfonamides is 1. The molecule has 1 aromatic carbocycles.